The summed E-state index contributed by atoms with van der Waals surface area (Å²) in [5.41, 5.74) is 0. The van der Waals surface area contributed by atoms with Crippen LogP contribution >= 0.6 is 0 Å². The zero-order valence-electron chi connectivity index (χ0n) is 9.77. The number of hydrogen-bond acceptors (Lipinski definition) is 3. The Morgan fingerprint density at radius 3 is 3.00 bits per heavy atom. The van der Waals surface area contributed by atoms with Crippen molar-refractivity contribution in [2.75, 3.05) is 24.5 Å². The van der Waals surface area contributed by atoms with E-state index in [0.717, 1.165) is 25.6 Å². The smallest absolute Gasteiger partial charge is 0.205 e. The number of aromatic nitrogens is 2. The highest BCUT2D eigenvalue weighted by atomic mass is 15.3. The van der Waals surface area contributed by atoms with Crippen LogP contribution in [-0.4, -0.2) is 35.2 Å². The van der Waals surface area contributed by atoms with Crippen molar-refractivity contribution in [3.63, 3.8) is 0 Å². The molecule has 84 valence electrons. The maximum absolute atomic E-state index is 4.46. The van der Waals surface area contributed by atoms with Gasteiger partial charge in [0.05, 0.1) is 0 Å². The highest BCUT2D eigenvalue weighted by Crippen LogP contribution is 2.18. The van der Waals surface area contributed by atoms with Crippen molar-refractivity contribution in [2.24, 2.45) is 0 Å². The van der Waals surface area contributed by atoms with Crippen LogP contribution < -0.4 is 10.2 Å². The molecule has 1 aliphatic heterocycles. The lowest BCUT2D eigenvalue weighted by Crippen LogP contribution is -2.50. The molecule has 0 spiro atoms. The third kappa shape index (κ3) is 2.15. The molecular formula is C11H20N4. The molecular weight excluding hydrogens is 188 g/mol. The molecule has 0 aliphatic carbocycles. The largest absolute Gasteiger partial charge is 0.339 e. The molecule has 1 unspecified atom stereocenters. The van der Waals surface area contributed by atoms with Crippen LogP contribution in [-0.2, 0) is 0 Å². The molecule has 4 heteroatoms. The number of imidazole rings is 1. The van der Waals surface area contributed by atoms with E-state index in [1.165, 1.54) is 0 Å². The summed E-state index contributed by atoms with van der Waals surface area (Å²) in [5.74, 6) is 1.11. The Morgan fingerprint density at radius 1 is 1.53 bits per heavy atom. The van der Waals surface area contributed by atoms with E-state index in [2.05, 4.69) is 46.7 Å². The second kappa shape index (κ2) is 4.23. The van der Waals surface area contributed by atoms with Crippen LogP contribution in [0.15, 0.2) is 12.4 Å². The Labute approximate surface area is 91.3 Å². The average molecular weight is 208 g/mol. The first-order valence-corrected chi connectivity index (χ1v) is 5.69. The summed E-state index contributed by atoms with van der Waals surface area (Å²) in [4.78, 5) is 6.82. The number of hydrogen-bond donors (Lipinski definition) is 1. The van der Waals surface area contributed by atoms with E-state index < -0.39 is 0 Å². The molecule has 1 saturated heterocycles. The number of nitrogens with one attached hydrogen (secondary N) is 1. The van der Waals surface area contributed by atoms with E-state index in [0.29, 0.717) is 12.1 Å². The zero-order valence-corrected chi connectivity index (χ0v) is 9.77. The van der Waals surface area contributed by atoms with E-state index in [-0.39, 0.29) is 0 Å². The maximum Gasteiger partial charge on any atom is 0.205 e. The fourth-order valence-corrected chi connectivity index (χ4v) is 2.07. The summed E-state index contributed by atoms with van der Waals surface area (Å²) in [6, 6.07) is 1.03. The third-order valence-corrected chi connectivity index (χ3v) is 2.86. The molecule has 0 aromatic carbocycles. The molecule has 2 heterocycles. The van der Waals surface area contributed by atoms with Crippen molar-refractivity contribution in [2.45, 2.75) is 32.9 Å². The lowest BCUT2D eigenvalue weighted by Gasteiger charge is -2.33. The van der Waals surface area contributed by atoms with Gasteiger partial charge in [0.2, 0.25) is 5.95 Å². The van der Waals surface area contributed by atoms with Gasteiger partial charge < -0.3 is 14.8 Å². The number of nitrogens with zero attached hydrogens (tertiary/aromatic N) is 3. The monoisotopic (exact) mass is 208 g/mol. The summed E-state index contributed by atoms with van der Waals surface area (Å²) < 4.78 is 2.23. The van der Waals surface area contributed by atoms with Gasteiger partial charge in [-0.2, -0.15) is 0 Å². The fourth-order valence-electron chi connectivity index (χ4n) is 2.07. The Bertz CT molecular complexity index is 318. The van der Waals surface area contributed by atoms with E-state index in [1.807, 2.05) is 6.20 Å². The van der Waals surface area contributed by atoms with Gasteiger partial charge in [0.1, 0.15) is 0 Å². The Balaban J connectivity index is 2.17. The molecule has 1 fully saturated rings. The van der Waals surface area contributed by atoms with Crippen LogP contribution in [0, 0.1) is 0 Å². The van der Waals surface area contributed by atoms with Crippen LogP contribution in [0.5, 0.6) is 0 Å². The van der Waals surface area contributed by atoms with Crippen molar-refractivity contribution in [3.05, 3.63) is 12.4 Å². The molecule has 2 rings (SSSR count). The lowest BCUT2D eigenvalue weighted by atomic mass is 10.2. The molecule has 4 nitrogen and oxygen atoms in total. The molecule has 0 radical (unpaired) electrons. The van der Waals surface area contributed by atoms with Gasteiger partial charge in [-0.25, -0.2) is 4.98 Å². The fraction of sp³-hybridized carbons (Fsp3) is 0.727. The molecule has 1 aromatic rings. The minimum atomic E-state index is 0.479. The second-order valence-electron chi connectivity index (χ2n) is 4.53. The number of anilines is 1. The molecule has 0 saturated carbocycles. The summed E-state index contributed by atoms with van der Waals surface area (Å²) in [6.45, 7) is 9.74. The van der Waals surface area contributed by atoms with E-state index in [9.17, 15) is 0 Å². The quantitative estimate of drug-likeness (QED) is 0.794. The SMILES string of the molecule is CC1CN(c2nccn2C(C)C)CCN1. The number of rotatable bonds is 2. The summed E-state index contributed by atoms with van der Waals surface area (Å²) >= 11 is 0. The highest BCUT2D eigenvalue weighted by Gasteiger charge is 2.19. The van der Waals surface area contributed by atoms with Gasteiger partial charge in [-0.1, -0.05) is 0 Å². The third-order valence-electron chi connectivity index (χ3n) is 2.86. The first-order chi connectivity index (χ1) is 7.18. The first-order valence-electron chi connectivity index (χ1n) is 5.69. The predicted octanol–water partition coefficient (Wildman–Crippen LogP) is 1.26. The Morgan fingerprint density at radius 2 is 2.33 bits per heavy atom. The van der Waals surface area contributed by atoms with E-state index >= 15 is 0 Å². The minimum Gasteiger partial charge on any atom is -0.339 e. The molecule has 1 aliphatic rings. The number of piperazine rings is 1. The van der Waals surface area contributed by atoms with Crippen LogP contribution in [0.3, 0.4) is 0 Å². The summed E-state index contributed by atoms with van der Waals surface area (Å²) in [7, 11) is 0. The average Bonchev–Trinajstić information content (AvgIpc) is 2.65. The maximum atomic E-state index is 4.46. The predicted molar refractivity (Wildman–Crippen MR) is 62.3 cm³/mol. The van der Waals surface area contributed by atoms with Crippen molar-refractivity contribution in [1.82, 2.24) is 14.9 Å². The topological polar surface area (TPSA) is 33.1 Å². The van der Waals surface area contributed by atoms with Gasteiger partial charge in [-0.15, -0.1) is 0 Å². The highest BCUT2D eigenvalue weighted by molar-refractivity contribution is 5.33. The lowest BCUT2D eigenvalue weighted by molar-refractivity contribution is 0.468. The van der Waals surface area contributed by atoms with Crippen molar-refractivity contribution < 1.29 is 0 Å². The van der Waals surface area contributed by atoms with E-state index in [4.69, 9.17) is 0 Å². The minimum absolute atomic E-state index is 0.479. The van der Waals surface area contributed by atoms with Crippen molar-refractivity contribution >= 4 is 5.95 Å². The van der Waals surface area contributed by atoms with Crippen LogP contribution in [0.1, 0.15) is 26.8 Å². The van der Waals surface area contributed by atoms with Gasteiger partial charge in [0, 0.05) is 44.1 Å². The van der Waals surface area contributed by atoms with Gasteiger partial charge in [-0.3, -0.25) is 0 Å². The Hall–Kier alpha value is -1.03. The van der Waals surface area contributed by atoms with Crippen molar-refractivity contribution in [1.29, 1.82) is 0 Å². The zero-order chi connectivity index (χ0) is 10.8. The summed E-state index contributed by atoms with van der Waals surface area (Å²) in [6.07, 6.45) is 3.95. The van der Waals surface area contributed by atoms with E-state index in [1.54, 1.807) is 0 Å². The summed E-state index contributed by atoms with van der Waals surface area (Å²) in [5, 5.41) is 3.44. The van der Waals surface area contributed by atoms with Gasteiger partial charge in [0.25, 0.3) is 0 Å². The van der Waals surface area contributed by atoms with Gasteiger partial charge in [-0.05, 0) is 20.8 Å². The standard InChI is InChI=1S/C11H20N4/c1-9(2)15-7-5-13-11(15)14-6-4-12-10(3)8-14/h5,7,9-10,12H,4,6,8H2,1-3H3. The first kappa shape index (κ1) is 10.5. The second-order valence-corrected chi connectivity index (χ2v) is 4.53. The molecule has 1 aromatic heterocycles. The van der Waals surface area contributed by atoms with Gasteiger partial charge in [0.15, 0.2) is 0 Å². The van der Waals surface area contributed by atoms with Crippen molar-refractivity contribution in [3.8, 4) is 0 Å². The van der Waals surface area contributed by atoms with Crippen LogP contribution in [0.25, 0.3) is 0 Å². The molecule has 15 heavy (non-hydrogen) atoms. The Kier molecular flexibility index (Phi) is 2.95. The normalized spacial score (nSPS) is 22.4. The molecule has 0 amide bonds. The van der Waals surface area contributed by atoms with Gasteiger partial charge >= 0.3 is 0 Å². The molecule has 0 bridgehead atoms. The molecule has 1 atom stereocenters. The van der Waals surface area contributed by atoms with Crippen LogP contribution in [0.4, 0.5) is 5.95 Å². The molecule has 1 N–H and O–H groups in total. The van der Waals surface area contributed by atoms with Crippen LogP contribution in [0.2, 0.25) is 0 Å².